The molecule has 118 valence electrons. The number of nitrogens with zero attached hydrogens (tertiary/aromatic N) is 1. The van der Waals surface area contributed by atoms with Crippen LogP contribution in [0.3, 0.4) is 0 Å². The summed E-state index contributed by atoms with van der Waals surface area (Å²) in [6, 6.07) is 0. The van der Waals surface area contributed by atoms with Crippen molar-refractivity contribution in [3.8, 4) is 0 Å². The van der Waals surface area contributed by atoms with Gasteiger partial charge in [-0.05, 0) is 19.3 Å². The maximum absolute atomic E-state index is 11.8. The quantitative estimate of drug-likeness (QED) is 0.466. The van der Waals surface area contributed by atoms with Crippen LogP contribution in [-0.2, 0) is 9.26 Å². The summed E-state index contributed by atoms with van der Waals surface area (Å²) < 4.78 is 11.9. The third kappa shape index (κ3) is 4.15. The third-order valence-corrected chi connectivity index (χ3v) is 4.25. The van der Waals surface area contributed by atoms with Crippen LogP contribution in [-0.4, -0.2) is 32.0 Å². The van der Waals surface area contributed by atoms with E-state index in [-0.39, 0.29) is 18.6 Å². The molecular weight excluding hydrogens is 319 g/mol. The molecule has 1 fully saturated rings. The van der Waals surface area contributed by atoms with Gasteiger partial charge in [0.15, 0.2) is 0 Å². The molecule has 1 aliphatic heterocycles. The molecule has 2 heterocycles. The van der Waals surface area contributed by atoms with Gasteiger partial charge in [-0.3, -0.25) is 14.3 Å². The molecule has 8 nitrogen and oxygen atoms in total. The summed E-state index contributed by atoms with van der Waals surface area (Å²) in [6.45, 7) is 3.48. The Hall–Kier alpha value is -0.700. The standard InChI is InChI=1S/C11H17N2O6PS/c1-6-3-9(19-8(6)5-18-20(16,17)21)13-4-7(2)10(14)12-11(13)15/h4,6,8-9,16-17,21H,3,5H2,1-2H3/p+1/t6?,8-,9-/m1/s1. The van der Waals surface area contributed by atoms with Crippen molar-refractivity contribution in [3.05, 3.63) is 32.6 Å². The summed E-state index contributed by atoms with van der Waals surface area (Å²) in [5.74, 6) is 0.0500. The molecule has 21 heavy (non-hydrogen) atoms. The zero-order valence-electron chi connectivity index (χ0n) is 11.6. The number of rotatable bonds is 4. The molecule has 10 heteroatoms. The van der Waals surface area contributed by atoms with Crippen molar-refractivity contribution in [2.45, 2.75) is 32.6 Å². The van der Waals surface area contributed by atoms with E-state index in [9.17, 15) is 9.59 Å². The molecule has 3 atom stereocenters. The zero-order chi connectivity index (χ0) is 15.8. The molecule has 1 aliphatic rings. The Morgan fingerprint density at radius 2 is 2.24 bits per heavy atom. The highest BCUT2D eigenvalue weighted by atomic mass is 32.7. The van der Waals surface area contributed by atoms with Crippen molar-refractivity contribution in [1.29, 1.82) is 0 Å². The molecule has 0 aromatic carbocycles. The van der Waals surface area contributed by atoms with Gasteiger partial charge in [-0.2, -0.15) is 14.3 Å². The van der Waals surface area contributed by atoms with Gasteiger partial charge >= 0.3 is 12.8 Å². The first kappa shape index (κ1) is 16.7. The number of aromatic amines is 1. The lowest BCUT2D eigenvalue weighted by Gasteiger charge is -2.16. The fourth-order valence-electron chi connectivity index (χ4n) is 2.22. The summed E-state index contributed by atoms with van der Waals surface area (Å²) in [5.41, 5.74) is -0.548. The normalized spacial score (nSPS) is 26.2. The minimum Gasteiger partial charge on any atom is -0.352 e. The van der Waals surface area contributed by atoms with Crippen molar-refractivity contribution in [2.24, 2.45) is 5.92 Å². The number of thiol groups is 1. The third-order valence-electron chi connectivity index (χ3n) is 3.41. The van der Waals surface area contributed by atoms with E-state index < -0.39 is 24.6 Å². The van der Waals surface area contributed by atoms with Gasteiger partial charge in [-0.15, -0.1) is 0 Å². The summed E-state index contributed by atoms with van der Waals surface area (Å²) in [4.78, 5) is 43.6. The summed E-state index contributed by atoms with van der Waals surface area (Å²) >= 11 is 3.54. The van der Waals surface area contributed by atoms with Crippen LogP contribution in [0, 0.1) is 12.8 Å². The highest BCUT2D eigenvalue weighted by molar-refractivity contribution is 8.47. The number of hydrogen-bond acceptors (Lipinski definition) is 7. The van der Waals surface area contributed by atoms with Gasteiger partial charge in [0, 0.05) is 11.8 Å². The van der Waals surface area contributed by atoms with Crippen LogP contribution in [0.5, 0.6) is 0 Å². The highest BCUT2D eigenvalue weighted by Crippen LogP contribution is 2.56. The zero-order valence-corrected chi connectivity index (χ0v) is 13.4. The average Bonchev–Trinajstić information content (AvgIpc) is 2.72. The topological polar surface area (TPSA) is 114 Å². The second-order valence-electron chi connectivity index (χ2n) is 5.13. The molecule has 1 unspecified atom stereocenters. The van der Waals surface area contributed by atoms with Gasteiger partial charge in [-0.25, -0.2) is 4.79 Å². The van der Waals surface area contributed by atoms with E-state index in [4.69, 9.17) is 19.0 Å². The first-order chi connectivity index (χ1) is 9.67. The molecule has 0 saturated carbocycles. The molecule has 0 radical (unpaired) electrons. The number of H-pyrrole nitrogens is 1. The van der Waals surface area contributed by atoms with E-state index in [1.807, 2.05) is 6.92 Å². The van der Waals surface area contributed by atoms with Gasteiger partial charge in [0.2, 0.25) is 0 Å². The van der Waals surface area contributed by atoms with Crippen molar-refractivity contribution >= 4 is 19.4 Å². The fourth-order valence-corrected chi connectivity index (χ4v) is 2.76. The molecule has 1 saturated heterocycles. The molecule has 1 aromatic heterocycles. The van der Waals surface area contributed by atoms with Gasteiger partial charge in [-0.1, -0.05) is 6.92 Å². The number of hydrogen-bond donors (Lipinski definition) is 4. The van der Waals surface area contributed by atoms with Crippen molar-refractivity contribution in [2.75, 3.05) is 6.61 Å². The first-order valence-electron chi connectivity index (χ1n) is 6.37. The van der Waals surface area contributed by atoms with Crippen LogP contribution in [0.4, 0.5) is 0 Å². The van der Waals surface area contributed by atoms with Crippen LogP contribution in [0.15, 0.2) is 15.8 Å². The Balaban J connectivity index is 2.12. The van der Waals surface area contributed by atoms with Crippen LogP contribution >= 0.6 is 19.4 Å². The summed E-state index contributed by atoms with van der Waals surface area (Å²) in [7, 11) is -3.61. The second-order valence-corrected chi connectivity index (χ2v) is 7.98. The van der Waals surface area contributed by atoms with E-state index in [1.54, 1.807) is 6.92 Å². The number of nitrogens with one attached hydrogen (secondary N) is 1. The van der Waals surface area contributed by atoms with Crippen molar-refractivity contribution in [3.63, 3.8) is 0 Å². The molecule has 0 aliphatic carbocycles. The SMILES string of the molecule is Cc1cn([C@H]2CC(C)[C@@H](CO[P+](O)(O)S)O2)c(=O)[nH]c1=O. The lowest BCUT2D eigenvalue weighted by molar-refractivity contribution is -0.0286. The molecule has 2 rings (SSSR count). The molecular formula is C11H18N2O6PS+. The minimum absolute atomic E-state index is 0.0287. The smallest absolute Gasteiger partial charge is 0.352 e. The Morgan fingerprint density at radius 3 is 2.86 bits per heavy atom. The van der Waals surface area contributed by atoms with Crippen LogP contribution in [0.1, 0.15) is 25.1 Å². The average molecular weight is 337 g/mol. The van der Waals surface area contributed by atoms with E-state index >= 15 is 0 Å². The predicted molar refractivity (Wildman–Crippen MR) is 80.0 cm³/mol. The Morgan fingerprint density at radius 1 is 1.57 bits per heavy atom. The molecule has 0 amide bonds. The second kappa shape index (κ2) is 6.20. The fraction of sp³-hybridized carbons (Fsp3) is 0.636. The van der Waals surface area contributed by atoms with Gasteiger partial charge < -0.3 is 4.74 Å². The van der Waals surface area contributed by atoms with Crippen LogP contribution in [0.25, 0.3) is 0 Å². The lowest BCUT2D eigenvalue weighted by atomic mass is 10.0. The molecule has 1 aromatic rings. The van der Waals surface area contributed by atoms with E-state index in [0.717, 1.165) is 0 Å². The van der Waals surface area contributed by atoms with E-state index in [0.29, 0.717) is 12.0 Å². The lowest BCUT2D eigenvalue weighted by Crippen LogP contribution is -2.33. The Labute approximate surface area is 126 Å². The minimum atomic E-state index is -3.61. The number of aromatic nitrogens is 2. The van der Waals surface area contributed by atoms with Gasteiger partial charge in [0.05, 0.1) is 18.4 Å². The maximum Gasteiger partial charge on any atom is 0.472 e. The van der Waals surface area contributed by atoms with Crippen molar-refractivity contribution < 1.29 is 19.0 Å². The largest absolute Gasteiger partial charge is 0.472 e. The predicted octanol–water partition coefficient (Wildman–Crippen LogP) is 0.377. The summed E-state index contributed by atoms with van der Waals surface area (Å²) in [6.07, 6.45) is 1.09. The van der Waals surface area contributed by atoms with Gasteiger partial charge in [0.25, 0.3) is 5.56 Å². The highest BCUT2D eigenvalue weighted by Gasteiger charge is 2.39. The Bertz CT molecular complexity index is 624. The van der Waals surface area contributed by atoms with Crippen LogP contribution < -0.4 is 11.2 Å². The monoisotopic (exact) mass is 337 g/mol. The van der Waals surface area contributed by atoms with E-state index in [2.05, 4.69) is 17.2 Å². The molecule has 0 spiro atoms. The van der Waals surface area contributed by atoms with E-state index in [1.165, 1.54) is 10.8 Å². The molecule has 3 N–H and O–H groups in total. The van der Waals surface area contributed by atoms with Crippen LogP contribution in [0.2, 0.25) is 0 Å². The molecule has 0 bridgehead atoms. The van der Waals surface area contributed by atoms with Crippen molar-refractivity contribution in [1.82, 2.24) is 9.55 Å². The number of aryl methyl sites for hydroxylation is 1. The summed E-state index contributed by atoms with van der Waals surface area (Å²) in [5, 5.41) is 0. The number of ether oxygens (including phenoxy) is 1. The Kier molecular flexibility index (Phi) is 4.92. The van der Waals surface area contributed by atoms with Gasteiger partial charge in [0.1, 0.15) is 12.8 Å². The maximum atomic E-state index is 11.8. The first-order valence-corrected chi connectivity index (χ1v) is 9.13.